The third kappa shape index (κ3) is 6.04. The number of hydrogen-bond donors (Lipinski definition) is 2. The molecule has 32 heavy (non-hydrogen) atoms. The van der Waals surface area contributed by atoms with Gasteiger partial charge in [-0.05, 0) is 49.1 Å². The molecular formula is C25H27N3O3S. The predicted molar refractivity (Wildman–Crippen MR) is 128 cm³/mol. The standard InChI is InChI=1S/C25H27N3O3S/c1-3-28(4-2)25(31)19-12-8-13-20(17-19)26-23(29)21(16-18-10-6-5-7-11-18)27-24(30)22-14-9-15-32-22/h5-15,17,21H,3-4,16H2,1-2H3,(H,26,29)(H,27,30)/t21-/m0/s1. The first-order chi connectivity index (χ1) is 15.5. The van der Waals surface area contributed by atoms with Crippen LogP contribution in [0.2, 0.25) is 0 Å². The normalized spacial score (nSPS) is 11.4. The minimum absolute atomic E-state index is 0.0852. The molecule has 0 fully saturated rings. The lowest BCUT2D eigenvalue weighted by atomic mass is 10.0. The molecule has 0 aliphatic heterocycles. The molecular weight excluding hydrogens is 422 g/mol. The molecule has 6 nitrogen and oxygen atoms in total. The van der Waals surface area contributed by atoms with Crippen molar-refractivity contribution in [2.45, 2.75) is 26.3 Å². The zero-order valence-electron chi connectivity index (χ0n) is 18.2. The topological polar surface area (TPSA) is 78.5 Å². The number of amides is 3. The summed E-state index contributed by atoms with van der Waals surface area (Å²) in [6.07, 6.45) is 0.349. The number of anilines is 1. The summed E-state index contributed by atoms with van der Waals surface area (Å²) >= 11 is 1.32. The van der Waals surface area contributed by atoms with E-state index in [1.54, 1.807) is 41.3 Å². The van der Waals surface area contributed by atoms with Crippen LogP contribution in [0.3, 0.4) is 0 Å². The van der Waals surface area contributed by atoms with Crippen LogP contribution < -0.4 is 10.6 Å². The fourth-order valence-electron chi connectivity index (χ4n) is 3.35. The van der Waals surface area contributed by atoms with Crippen molar-refractivity contribution in [2.75, 3.05) is 18.4 Å². The quantitative estimate of drug-likeness (QED) is 0.514. The van der Waals surface area contributed by atoms with Gasteiger partial charge in [-0.3, -0.25) is 14.4 Å². The average Bonchev–Trinajstić information content (AvgIpc) is 3.35. The van der Waals surface area contributed by atoms with Gasteiger partial charge in [0.05, 0.1) is 4.88 Å². The first kappa shape index (κ1) is 23.2. The lowest BCUT2D eigenvalue weighted by molar-refractivity contribution is -0.118. The first-order valence-electron chi connectivity index (χ1n) is 10.6. The van der Waals surface area contributed by atoms with Crippen molar-refractivity contribution in [3.05, 3.63) is 88.1 Å². The smallest absolute Gasteiger partial charge is 0.262 e. The first-order valence-corrected chi connectivity index (χ1v) is 11.5. The Morgan fingerprint density at radius 1 is 0.938 bits per heavy atom. The summed E-state index contributed by atoms with van der Waals surface area (Å²) in [6.45, 7) is 5.08. The fraction of sp³-hybridized carbons (Fsp3) is 0.240. The summed E-state index contributed by atoms with van der Waals surface area (Å²) in [6, 6.07) is 19.2. The number of rotatable bonds is 9. The molecule has 0 aliphatic rings. The number of thiophene rings is 1. The zero-order chi connectivity index (χ0) is 22.9. The molecule has 1 aromatic heterocycles. The number of carbonyl (C=O) groups is 3. The van der Waals surface area contributed by atoms with Gasteiger partial charge in [-0.15, -0.1) is 11.3 Å². The molecule has 0 saturated heterocycles. The Bertz CT molecular complexity index is 1050. The van der Waals surface area contributed by atoms with Crippen molar-refractivity contribution >= 4 is 34.7 Å². The molecule has 3 rings (SSSR count). The van der Waals surface area contributed by atoms with E-state index in [1.807, 2.05) is 49.6 Å². The monoisotopic (exact) mass is 449 g/mol. The van der Waals surface area contributed by atoms with E-state index in [2.05, 4.69) is 10.6 Å². The summed E-state index contributed by atoms with van der Waals surface area (Å²) < 4.78 is 0. The third-order valence-electron chi connectivity index (χ3n) is 5.08. The molecule has 7 heteroatoms. The van der Waals surface area contributed by atoms with E-state index < -0.39 is 6.04 Å². The summed E-state index contributed by atoms with van der Waals surface area (Å²) in [5, 5.41) is 7.53. The van der Waals surface area contributed by atoms with Gasteiger partial charge in [0.15, 0.2) is 0 Å². The van der Waals surface area contributed by atoms with E-state index >= 15 is 0 Å². The lowest BCUT2D eigenvalue weighted by Crippen LogP contribution is -2.45. The van der Waals surface area contributed by atoms with E-state index in [-0.39, 0.29) is 17.7 Å². The number of benzene rings is 2. The van der Waals surface area contributed by atoms with E-state index in [4.69, 9.17) is 0 Å². The SMILES string of the molecule is CCN(CC)C(=O)c1cccc(NC(=O)[C@H](Cc2ccccc2)NC(=O)c2cccs2)c1. The maximum atomic E-state index is 13.1. The Morgan fingerprint density at radius 3 is 2.34 bits per heavy atom. The van der Waals surface area contributed by atoms with Crippen LogP contribution in [0, 0.1) is 0 Å². The van der Waals surface area contributed by atoms with Gasteiger partial charge in [-0.25, -0.2) is 0 Å². The highest BCUT2D eigenvalue weighted by Gasteiger charge is 2.23. The van der Waals surface area contributed by atoms with E-state index in [1.165, 1.54) is 11.3 Å². The Kier molecular flexibility index (Phi) is 8.16. The van der Waals surface area contributed by atoms with Gasteiger partial charge in [-0.1, -0.05) is 42.5 Å². The number of hydrogen-bond acceptors (Lipinski definition) is 4. The van der Waals surface area contributed by atoms with Crippen molar-refractivity contribution in [3.63, 3.8) is 0 Å². The molecule has 166 valence electrons. The largest absolute Gasteiger partial charge is 0.339 e. The molecule has 1 atom stereocenters. The van der Waals surface area contributed by atoms with Crippen LogP contribution in [0.1, 0.15) is 39.4 Å². The van der Waals surface area contributed by atoms with Crippen LogP contribution in [-0.4, -0.2) is 41.8 Å². The molecule has 0 unspecified atom stereocenters. The number of nitrogens with one attached hydrogen (secondary N) is 2. The second-order valence-electron chi connectivity index (χ2n) is 7.24. The summed E-state index contributed by atoms with van der Waals surface area (Å²) in [7, 11) is 0. The van der Waals surface area contributed by atoms with Gasteiger partial charge in [0, 0.05) is 30.8 Å². The van der Waals surface area contributed by atoms with Crippen molar-refractivity contribution in [2.24, 2.45) is 0 Å². The maximum Gasteiger partial charge on any atom is 0.262 e. The van der Waals surface area contributed by atoms with Gasteiger partial charge in [0.25, 0.3) is 11.8 Å². The second kappa shape index (κ2) is 11.2. The molecule has 2 aromatic carbocycles. The summed E-state index contributed by atoms with van der Waals surface area (Å²) in [5.74, 6) is -0.717. The maximum absolute atomic E-state index is 13.1. The van der Waals surface area contributed by atoms with Crippen molar-refractivity contribution in [3.8, 4) is 0 Å². The molecule has 0 radical (unpaired) electrons. The van der Waals surface area contributed by atoms with Gasteiger partial charge in [-0.2, -0.15) is 0 Å². The zero-order valence-corrected chi connectivity index (χ0v) is 19.0. The van der Waals surface area contributed by atoms with Crippen LogP contribution in [-0.2, 0) is 11.2 Å². The van der Waals surface area contributed by atoms with Crippen LogP contribution >= 0.6 is 11.3 Å². The molecule has 3 aromatic rings. The number of nitrogens with zero attached hydrogens (tertiary/aromatic N) is 1. The predicted octanol–water partition coefficient (Wildman–Crippen LogP) is 4.21. The minimum Gasteiger partial charge on any atom is -0.339 e. The Labute approximate surface area is 192 Å². The van der Waals surface area contributed by atoms with Crippen molar-refractivity contribution in [1.29, 1.82) is 0 Å². The van der Waals surface area contributed by atoms with Gasteiger partial charge in [0.1, 0.15) is 6.04 Å². The highest BCUT2D eigenvalue weighted by molar-refractivity contribution is 7.12. The highest BCUT2D eigenvalue weighted by Crippen LogP contribution is 2.15. The summed E-state index contributed by atoms with van der Waals surface area (Å²) in [5.41, 5.74) is 1.95. The third-order valence-corrected chi connectivity index (χ3v) is 5.95. The summed E-state index contributed by atoms with van der Waals surface area (Å²) in [4.78, 5) is 40.7. The second-order valence-corrected chi connectivity index (χ2v) is 8.19. The minimum atomic E-state index is -0.769. The lowest BCUT2D eigenvalue weighted by Gasteiger charge is -2.20. The van der Waals surface area contributed by atoms with Gasteiger partial charge >= 0.3 is 0 Å². The fourth-order valence-corrected chi connectivity index (χ4v) is 3.98. The average molecular weight is 450 g/mol. The molecule has 0 saturated carbocycles. The van der Waals surface area contributed by atoms with Gasteiger partial charge < -0.3 is 15.5 Å². The molecule has 0 aliphatic carbocycles. The van der Waals surface area contributed by atoms with Crippen LogP contribution in [0.25, 0.3) is 0 Å². The van der Waals surface area contributed by atoms with Crippen LogP contribution in [0.5, 0.6) is 0 Å². The highest BCUT2D eigenvalue weighted by atomic mass is 32.1. The van der Waals surface area contributed by atoms with Crippen LogP contribution in [0.4, 0.5) is 5.69 Å². The molecule has 2 N–H and O–H groups in total. The Morgan fingerprint density at radius 2 is 1.69 bits per heavy atom. The molecule has 1 heterocycles. The molecule has 0 bridgehead atoms. The van der Waals surface area contributed by atoms with E-state index in [0.717, 1.165) is 5.56 Å². The molecule has 0 spiro atoms. The Hall–Kier alpha value is -3.45. The van der Waals surface area contributed by atoms with Crippen molar-refractivity contribution in [1.82, 2.24) is 10.2 Å². The van der Waals surface area contributed by atoms with E-state index in [9.17, 15) is 14.4 Å². The van der Waals surface area contributed by atoms with E-state index in [0.29, 0.717) is 35.6 Å². The Balaban J connectivity index is 1.78. The van der Waals surface area contributed by atoms with Crippen LogP contribution in [0.15, 0.2) is 72.1 Å². The van der Waals surface area contributed by atoms with Gasteiger partial charge in [0.2, 0.25) is 5.91 Å². The van der Waals surface area contributed by atoms with Crippen molar-refractivity contribution < 1.29 is 14.4 Å². The number of carbonyl (C=O) groups excluding carboxylic acids is 3. The molecule has 3 amide bonds.